The Balaban J connectivity index is 2.52. The Morgan fingerprint density at radius 1 is 1.77 bits per heavy atom. The monoisotopic (exact) mass is 218 g/mol. The minimum Gasteiger partial charge on any atom is -0.392 e. The van der Waals surface area contributed by atoms with Gasteiger partial charge in [0, 0.05) is 24.1 Å². The first-order valence-corrected chi connectivity index (χ1v) is 6.25. The molecule has 76 valence electrons. The van der Waals surface area contributed by atoms with Crippen LogP contribution in [0.3, 0.4) is 0 Å². The Bertz CT molecular complexity index is 184. The zero-order valence-electron chi connectivity index (χ0n) is 8.32. The van der Waals surface area contributed by atoms with Gasteiger partial charge in [-0.2, -0.15) is 11.8 Å². The maximum atomic E-state index is 5.71. The van der Waals surface area contributed by atoms with Crippen molar-refractivity contribution in [1.29, 1.82) is 0 Å². The molecule has 0 aliphatic carbocycles. The number of rotatable bonds is 3. The molecule has 2 unspecified atom stereocenters. The third kappa shape index (κ3) is 3.11. The highest BCUT2D eigenvalue weighted by molar-refractivity contribution is 7.99. The third-order valence-electron chi connectivity index (χ3n) is 2.43. The van der Waals surface area contributed by atoms with Crippen LogP contribution in [0.5, 0.6) is 0 Å². The number of nitrogens with two attached hydrogens (primary N) is 1. The summed E-state index contributed by atoms with van der Waals surface area (Å²) in [7, 11) is 0. The van der Waals surface area contributed by atoms with Gasteiger partial charge in [0.1, 0.15) is 0 Å². The van der Waals surface area contributed by atoms with Crippen LogP contribution in [0.1, 0.15) is 20.3 Å². The van der Waals surface area contributed by atoms with Crippen LogP contribution in [0.25, 0.3) is 0 Å². The van der Waals surface area contributed by atoms with E-state index in [1.165, 1.54) is 5.75 Å². The predicted octanol–water partition coefficient (Wildman–Crippen LogP) is 1.49. The SMILES string of the molecule is CCC(C(N)=S)N1CCSC(C)C1. The quantitative estimate of drug-likeness (QED) is 0.727. The van der Waals surface area contributed by atoms with Gasteiger partial charge in [-0.15, -0.1) is 0 Å². The second-order valence-electron chi connectivity index (χ2n) is 3.50. The average Bonchev–Trinajstić information content (AvgIpc) is 2.04. The summed E-state index contributed by atoms with van der Waals surface area (Å²) in [6, 6.07) is 0.318. The zero-order chi connectivity index (χ0) is 9.84. The first kappa shape index (κ1) is 11.3. The molecule has 0 saturated carbocycles. The summed E-state index contributed by atoms with van der Waals surface area (Å²) >= 11 is 7.10. The standard InChI is InChI=1S/C9H18N2S2/c1-3-8(9(10)12)11-4-5-13-7(2)6-11/h7-8H,3-6H2,1-2H3,(H2,10,12). The Labute approximate surface area is 90.2 Å². The van der Waals surface area contributed by atoms with Crippen molar-refractivity contribution in [2.75, 3.05) is 18.8 Å². The van der Waals surface area contributed by atoms with Crippen LogP contribution in [-0.2, 0) is 0 Å². The Hall–Kier alpha value is 0.200. The summed E-state index contributed by atoms with van der Waals surface area (Å²) in [5.41, 5.74) is 5.71. The van der Waals surface area contributed by atoms with E-state index in [-0.39, 0.29) is 0 Å². The van der Waals surface area contributed by atoms with Gasteiger partial charge in [0.05, 0.1) is 11.0 Å². The first-order chi connectivity index (χ1) is 6.15. The van der Waals surface area contributed by atoms with E-state index in [1.54, 1.807) is 0 Å². The highest BCUT2D eigenvalue weighted by atomic mass is 32.2. The van der Waals surface area contributed by atoms with Gasteiger partial charge in [-0.05, 0) is 6.42 Å². The summed E-state index contributed by atoms with van der Waals surface area (Å²) in [6.45, 7) is 6.67. The van der Waals surface area contributed by atoms with Crippen LogP contribution in [0.2, 0.25) is 0 Å². The molecule has 1 fully saturated rings. The lowest BCUT2D eigenvalue weighted by Gasteiger charge is -2.35. The normalized spacial score (nSPS) is 27.1. The highest BCUT2D eigenvalue weighted by Crippen LogP contribution is 2.20. The van der Waals surface area contributed by atoms with Gasteiger partial charge in [0.15, 0.2) is 0 Å². The number of thiocarbonyl (C=S) groups is 1. The third-order valence-corrected chi connectivity index (χ3v) is 3.84. The molecular formula is C9H18N2S2. The van der Waals surface area contributed by atoms with Crippen molar-refractivity contribution in [2.45, 2.75) is 31.6 Å². The van der Waals surface area contributed by atoms with Crippen LogP contribution in [0.4, 0.5) is 0 Å². The van der Waals surface area contributed by atoms with Crippen LogP contribution >= 0.6 is 24.0 Å². The van der Waals surface area contributed by atoms with E-state index >= 15 is 0 Å². The van der Waals surface area contributed by atoms with Crippen molar-refractivity contribution in [3.05, 3.63) is 0 Å². The molecule has 0 aromatic carbocycles. The molecule has 2 N–H and O–H groups in total. The lowest BCUT2D eigenvalue weighted by Crippen LogP contribution is -2.48. The summed E-state index contributed by atoms with van der Waals surface area (Å²) < 4.78 is 0. The molecule has 0 amide bonds. The molecule has 4 heteroatoms. The van der Waals surface area contributed by atoms with E-state index in [2.05, 4.69) is 18.7 Å². The first-order valence-electron chi connectivity index (χ1n) is 4.80. The summed E-state index contributed by atoms with van der Waals surface area (Å²) in [6.07, 6.45) is 1.03. The van der Waals surface area contributed by atoms with E-state index in [4.69, 9.17) is 18.0 Å². The fourth-order valence-electron chi connectivity index (χ4n) is 1.77. The van der Waals surface area contributed by atoms with Gasteiger partial charge in [-0.1, -0.05) is 26.1 Å². The molecule has 2 nitrogen and oxygen atoms in total. The lowest BCUT2D eigenvalue weighted by atomic mass is 10.2. The van der Waals surface area contributed by atoms with Crippen LogP contribution < -0.4 is 5.73 Å². The minimum absolute atomic E-state index is 0.318. The van der Waals surface area contributed by atoms with Gasteiger partial charge >= 0.3 is 0 Å². The zero-order valence-corrected chi connectivity index (χ0v) is 9.96. The molecule has 1 saturated heterocycles. The van der Waals surface area contributed by atoms with Crippen molar-refractivity contribution in [3.8, 4) is 0 Å². The number of nitrogens with zero attached hydrogens (tertiary/aromatic N) is 1. The number of hydrogen-bond donors (Lipinski definition) is 1. The fraction of sp³-hybridized carbons (Fsp3) is 0.889. The molecule has 0 spiro atoms. The smallest absolute Gasteiger partial charge is 0.0901 e. The van der Waals surface area contributed by atoms with Crippen LogP contribution in [0.15, 0.2) is 0 Å². The molecule has 0 aromatic heterocycles. The topological polar surface area (TPSA) is 29.3 Å². The van der Waals surface area contributed by atoms with Gasteiger partial charge in [0.2, 0.25) is 0 Å². The van der Waals surface area contributed by atoms with E-state index in [9.17, 15) is 0 Å². The summed E-state index contributed by atoms with van der Waals surface area (Å²) in [5.74, 6) is 1.21. The Morgan fingerprint density at radius 2 is 2.46 bits per heavy atom. The van der Waals surface area contributed by atoms with Crippen molar-refractivity contribution in [3.63, 3.8) is 0 Å². The minimum atomic E-state index is 0.318. The molecule has 1 rings (SSSR count). The lowest BCUT2D eigenvalue weighted by molar-refractivity contribution is 0.249. The molecule has 1 aliphatic rings. The molecule has 0 radical (unpaired) electrons. The fourth-order valence-corrected chi connectivity index (χ4v) is 3.12. The molecule has 1 aliphatic heterocycles. The predicted molar refractivity (Wildman–Crippen MR) is 64.4 cm³/mol. The van der Waals surface area contributed by atoms with E-state index < -0.39 is 0 Å². The van der Waals surface area contributed by atoms with Crippen molar-refractivity contribution in [2.24, 2.45) is 5.73 Å². The van der Waals surface area contributed by atoms with E-state index in [0.29, 0.717) is 11.0 Å². The molecular weight excluding hydrogens is 200 g/mol. The van der Waals surface area contributed by atoms with Gasteiger partial charge < -0.3 is 5.73 Å². The van der Waals surface area contributed by atoms with E-state index in [0.717, 1.165) is 24.8 Å². The largest absolute Gasteiger partial charge is 0.392 e. The Kier molecular flexibility index (Phi) is 4.49. The average molecular weight is 218 g/mol. The Morgan fingerprint density at radius 3 is 2.92 bits per heavy atom. The van der Waals surface area contributed by atoms with Gasteiger partial charge in [-0.3, -0.25) is 4.90 Å². The maximum absolute atomic E-state index is 5.71. The number of thioether (sulfide) groups is 1. The molecule has 2 atom stereocenters. The summed E-state index contributed by atoms with van der Waals surface area (Å²) in [5, 5.41) is 0.720. The summed E-state index contributed by atoms with van der Waals surface area (Å²) in [4.78, 5) is 3.07. The van der Waals surface area contributed by atoms with Crippen molar-refractivity contribution in [1.82, 2.24) is 4.90 Å². The molecule has 0 aromatic rings. The van der Waals surface area contributed by atoms with Gasteiger partial charge in [0.25, 0.3) is 0 Å². The second kappa shape index (κ2) is 5.17. The second-order valence-corrected chi connectivity index (χ2v) is 5.52. The van der Waals surface area contributed by atoms with Crippen molar-refractivity contribution >= 4 is 29.0 Å². The van der Waals surface area contributed by atoms with Gasteiger partial charge in [-0.25, -0.2) is 0 Å². The molecule has 13 heavy (non-hydrogen) atoms. The maximum Gasteiger partial charge on any atom is 0.0901 e. The van der Waals surface area contributed by atoms with E-state index in [1.807, 2.05) is 11.8 Å². The number of hydrogen-bond acceptors (Lipinski definition) is 3. The van der Waals surface area contributed by atoms with Crippen molar-refractivity contribution < 1.29 is 0 Å². The highest BCUT2D eigenvalue weighted by Gasteiger charge is 2.24. The molecule has 0 bridgehead atoms. The van der Waals surface area contributed by atoms with Crippen LogP contribution in [-0.4, -0.2) is 40.0 Å². The van der Waals surface area contributed by atoms with Crippen LogP contribution in [0, 0.1) is 0 Å². The molecule has 1 heterocycles.